The smallest absolute Gasteiger partial charge is 0.271 e. The van der Waals surface area contributed by atoms with Crippen molar-refractivity contribution >= 4 is 44.3 Å². The van der Waals surface area contributed by atoms with Gasteiger partial charge in [-0.25, -0.2) is 17.8 Å². The first-order valence-electron chi connectivity index (χ1n) is 13.1. The molecule has 1 aromatic carbocycles. The maximum Gasteiger partial charge on any atom is 0.271 e. The highest BCUT2D eigenvalue weighted by Gasteiger charge is 2.40. The minimum atomic E-state index is -3.75. The maximum atomic E-state index is 15.0. The van der Waals surface area contributed by atoms with Gasteiger partial charge in [0.1, 0.15) is 16.3 Å². The molecule has 5 rings (SSSR count). The van der Waals surface area contributed by atoms with Gasteiger partial charge in [0.25, 0.3) is 5.56 Å². The van der Waals surface area contributed by atoms with Crippen LogP contribution < -0.4 is 10.9 Å². The minimum Gasteiger partial charge on any atom is -0.324 e. The number of anilines is 2. The molecule has 1 saturated heterocycles. The molecular weight excluding hydrogens is 529 g/mol. The van der Waals surface area contributed by atoms with Gasteiger partial charge in [-0.2, -0.15) is 9.29 Å². The lowest BCUT2D eigenvalue weighted by Gasteiger charge is -2.38. The fourth-order valence-electron chi connectivity index (χ4n) is 5.53. The van der Waals surface area contributed by atoms with Crippen LogP contribution in [-0.2, 0) is 10.0 Å². The molecule has 3 aromatic rings. The number of fused-ring (bicyclic) bond motifs is 1. The largest absolute Gasteiger partial charge is 0.324 e. The fourth-order valence-corrected chi connectivity index (χ4v) is 7.27. The average molecular weight is 562 g/mol. The molecule has 0 bridgehead atoms. The van der Waals surface area contributed by atoms with Gasteiger partial charge in [0.05, 0.1) is 4.90 Å². The number of nitrogens with one attached hydrogen (secondary N) is 1. The Morgan fingerprint density at radius 1 is 1.16 bits per heavy atom. The van der Waals surface area contributed by atoms with Gasteiger partial charge in [0, 0.05) is 36.4 Å². The average Bonchev–Trinajstić information content (AvgIpc) is 3.41. The number of hydrogen-bond acceptors (Lipinski definition) is 6. The first-order valence-corrected chi connectivity index (χ1v) is 15.0. The summed E-state index contributed by atoms with van der Waals surface area (Å²) in [6, 6.07) is 6.47. The second-order valence-electron chi connectivity index (χ2n) is 10.8. The van der Waals surface area contributed by atoms with Crippen LogP contribution in [0, 0.1) is 12.8 Å². The van der Waals surface area contributed by atoms with Crippen molar-refractivity contribution in [3.05, 3.63) is 51.4 Å². The highest BCUT2D eigenvalue weighted by molar-refractivity contribution is 7.89. The second kappa shape index (κ2) is 10.2. The molecule has 1 N–H and O–H groups in total. The number of rotatable bonds is 6. The quantitative estimate of drug-likeness (QED) is 0.411. The first kappa shape index (κ1) is 27.0. The lowest BCUT2D eigenvalue weighted by atomic mass is 9.84. The van der Waals surface area contributed by atoms with Crippen LogP contribution in [0.25, 0.3) is 11.0 Å². The molecule has 0 atom stereocenters. The van der Waals surface area contributed by atoms with E-state index in [0.717, 1.165) is 25.7 Å². The van der Waals surface area contributed by atoms with E-state index < -0.39 is 15.7 Å². The molecule has 1 aliphatic heterocycles. The Hall–Kier alpha value is -2.56. The van der Waals surface area contributed by atoms with E-state index in [1.807, 2.05) is 13.8 Å². The van der Waals surface area contributed by atoms with Gasteiger partial charge in [-0.3, -0.25) is 9.36 Å². The Morgan fingerprint density at radius 3 is 2.47 bits per heavy atom. The summed E-state index contributed by atoms with van der Waals surface area (Å²) < 4.78 is 44.6. The molecule has 0 amide bonds. The fraction of sp³-hybridized carbons (Fsp3) is 0.519. The Bertz CT molecular complexity index is 1530. The van der Waals surface area contributed by atoms with Gasteiger partial charge in [0.15, 0.2) is 0 Å². The van der Waals surface area contributed by atoms with Crippen molar-refractivity contribution < 1.29 is 12.8 Å². The van der Waals surface area contributed by atoms with E-state index in [1.54, 1.807) is 42.0 Å². The topological polar surface area (TPSA) is 97.2 Å². The third-order valence-electron chi connectivity index (χ3n) is 8.09. The molecule has 1 saturated carbocycles. The van der Waals surface area contributed by atoms with E-state index in [-0.39, 0.29) is 53.4 Å². The SMILES string of the molecule is Cc1cc(S(=O)(=O)N2CCC(F)(C(C)C)CC2)ccc1Nc1ncc2cc(Cl)c(=O)n(C3CCCC3)c2n1. The van der Waals surface area contributed by atoms with Crippen LogP contribution >= 0.6 is 11.6 Å². The molecule has 38 heavy (non-hydrogen) atoms. The summed E-state index contributed by atoms with van der Waals surface area (Å²) in [7, 11) is -3.75. The molecule has 0 spiro atoms. The normalized spacial score (nSPS) is 18.9. The Labute approximate surface area is 227 Å². The molecule has 2 aliphatic rings. The van der Waals surface area contributed by atoms with Crippen LogP contribution in [0.15, 0.2) is 40.2 Å². The molecule has 2 aromatic heterocycles. The van der Waals surface area contributed by atoms with Crippen molar-refractivity contribution in [3.8, 4) is 0 Å². The Balaban J connectivity index is 1.40. The first-order chi connectivity index (χ1) is 18.0. The molecule has 204 valence electrons. The van der Waals surface area contributed by atoms with Gasteiger partial charge >= 0.3 is 0 Å². The molecule has 0 radical (unpaired) electrons. The Morgan fingerprint density at radius 2 is 1.84 bits per heavy atom. The highest BCUT2D eigenvalue weighted by Crippen LogP contribution is 2.36. The van der Waals surface area contributed by atoms with E-state index in [4.69, 9.17) is 11.6 Å². The molecule has 3 heterocycles. The van der Waals surface area contributed by atoms with E-state index in [1.165, 1.54) is 4.31 Å². The lowest BCUT2D eigenvalue weighted by Crippen LogP contribution is -2.46. The molecule has 8 nitrogen and oxygen atoms in total. The summed E-state index contributed by atoms with van der Waals surface area (Å²) in [4.78, 5) is 22.1. The minimum absolute atomic E-state index is 0.0514. The number of sulfonamides is 1. The van der Waals surface area contributed by atoms with Gasteiger partial charge in [-0.05, 0) is 68.4 Å². The van der Waals surface area contributed by atoms with Crippen molar-refractivity contribution in [3.63, 3.8) is 0 Å². The van der Waals surface area contributed by atoms with Crippen LogP contribution in [0.4, 0.5) is 16.0 Å². The zero-order valence-corrected chi connectivity index (χ0v) is 23.4. The van der Waals surface area contributed by atoms with E-state index in [9.17, 15) is 17.6 Å². The maximum absolute atomic E-state index is 15.0. The number of hydrogen-bond donors (Lipinski definition) is 1. The van der Waals surface area contributed by atoms with Gasteiger partial charge in [-0.1, -0.05) is 38.3 Å². The van der Waals surface area contributed by atoms with Crippen molar-refractivity contribution in [2.75, 3.05) is 18.4 Å². The molecular formula is C27H33ClFN5O3S. The zero-order valence-electron chi connectivity index (χ0n) is 21.9. The predicted molar refractivity (Wildman–Crippen MR) is 147 cm³/mol. The van der Waals surface area contributed by atoms with E-state index in [0.29, 0.717) is 28.2 Å². The monoisotopic (exact) mass is 561 g/mol. The summed E-state index contributed by atoms with van der Waals surface area (Å²) >= 11 is 6.22. The van der Waals surface area contributed by atoms with Gasteiger partial charge in [-0.15, -0.1) is 0 Å². The van der Waals surface area contributed by atoms with Crippen LogP contribution in [0.1, 0.15) is 64.0 Å². The number of aromatic nitrogens is 3. The number of halogens is 2. The van der Waals surface area contributed by atoms with Crippen LogP contribution in [-0.4, -0.2) is 46.0 Å². The predicted octanol–water partition coefficient (Wildman–Crippen LogP) is 5.76. The molecule has 1 aliphatic carbocycles. The number of nitrogens with zero attached hydrogens (tertiary/aromatic N) is 4. The number of benzene rings is 1. The van der Waals surface area contributed by atoms with Crippen molar-refractivity contribution in [1.29, 1.82) is 0 Å². The Kier molecular flexibility index (Phi) is 7.26. The number of piperidine rings is 1. The van der Waals surface area contributed by atoms with Gasteiger partial charge < -0.3 is 5.32 Å². The highest BCUT2D eigenvalue weighted by atomic mass is 35.5. The van der Waals surface area contributed by atoms with Crippen molar-refractivity contribution in [2.24, 2.45) is 5.92 Å². The number of alkyl halides is 1. The van der Waals surface area contributed by atoms with E-state index in [2.05, 4.69) is 15.3 Å². The van der Waals surface area contributed by atoms with Crippen LogP contribution in [0.2, 0.25) is 5.02 Å². The summed E-state index contributed by atoms with van der Waals surface area (Å²) in [5, 5.41) is 4.00. The van der Waals surface area contributed by atoms with E-state index >= 15 is 0 Å². The third-order valence-corrected chi connectivity index (χ3v) is 10.3. The summed E-state index contributed by atoms with van der Waals surface area (Å²) in [6.07, 6.45) is 5.93. The third kappa shape index (κ3) is 4.94. The second-order valence-corrected chi connectivity index (χ2v) is 13.1. The number of aryl methyl sites for hydroxylation is 1. The zero-order chi connectivity index (χ0) is 27.2. The standard InChI is InChI=1S/C27H33ClFN5O3S/c1-17(2)27(29)10-12-33(13-11-27)38(36,37)21-8-9-23(18(3)14-21)31-26-30-16-19-15-22(28)25(35)34(24(19)32-26)20-6-4-5-7-20/h8-9,14-17,20H,4-7,10-13H2,1-3H3,(H,30,31,32). The van der Waals surface area contributed by atoms with Crippen LogP contribution in [0.5, 0.6) is 0 Å². The molecule has 2 fully saturated rings. The summed E-state index contributed by atoms with van der Waals surface area (Å²) in [5.41, 5.74) is 0.281. The number of pyridine rings is 1. The molecule has 11 heteroatoms. The van der Waals surface area contributed by atoms with Crippen molar-refractivity contribution in [2.45, 2.75) is 75.9 Å². The summed E-state index contributed by atoms with van der Waals surface area (Å²) in [5.74, 6) is 0.149. The summed E-state index contributed by atoms with van der Waals surface area (Å²) in [6.45, 7) is 5.79. The van der Waals surface area contributed by atoms with Crippen LogP contribution in [0.3, 0.4) is 0 Å². The van der Waals surface area contributed by atoms with Gasteiger partial charge in [0.2, 0.25) is 16.0 Å². The molecule has 0 unspecified atom stereocenters. The van der Waals surface area contributed by atoms with Crippen molar-refractivity contribution in [1.82, 2.24) is 18.8 Å². The lowest BCUT2D eigenvalue weighted by molar-refractivity contribution is 0.0420.